The van der Waals surface area contributed by atoms with E-state index in [-0.39, 0.29) is 11.6 Å². The summed E-state index contributed by atoms with van der Waals surface area (Å²) in [7, 11) is 0. The monoisotopic (exact) mass is 257 g/mol. The Kier molecular flexibility index (Phi) is 2.82. The third kappa shape index (κ3) is 2.02. The van der Waals surface area contributed by atoms with Crippen molar-refractivity contribution in [1.82, 2.24) is 4.98 Å². The highest BCUT2D eigenvalue weighted by atomic mass is 16.5. The lowest BCUT2D eigenvalue weighted by molar-refractivity contribution is 0.105. The number of hydrogen-bond donors (Lipinski definition) is 2. The molecule has 2 heterocycles. The zero-order chi connectivity index (χ0) is 13.5. The van der Waals surface area contributed by atoms with Crippen LogP contribution in [-0.2, 0) is 4.74 Å². The van der Waals surface area contributed by atoms with Crippen LogP contribution in [0.25, 0.3) is 10.8 Å². The summed E-state index contributed by atoms with van der Waals surface area (Å²) in [6.45, 7) is 5.12. The van der Waals surface area contributed by atoms with Crippen LogP contribution >= 0.6 is 0 Å². The number of hydrogen-bond acceptors (Lipinski definition) is 4. The molecule has 3 rings (SSSR count). The van der Waals surface area contributed by atoms with E-state index in [1.807, 2.05) is 24.4 Å². The number of ether oxygens (including phenoxy) is 1. The number of rotatable bonds is 2. The van der Waals surface area contributed by atoms with Crippen LogP contribution in [0.15, 0.2) is 30.6 Å². The van der Waals surface area contributed by atoms with Crippen molar-refractivity contribution in [3.05, 3.63) is 30.6 Å². The second kappa shape index (κ2) is 4.38. The van der Waals surface area contributed by atoms with Crippen molar-refractivity contribution < 1.29 is 4.74 Å². The average molecular weight is 257 g/mol. The Morgan fingerprint density at radius 3 is 2.95 bits per heavy atom. The fourth-order valence-corrected chi connectivity index (χ4v) is 2.63. The third-order valence-electron chi connectivity index (χ3n) is 4.16. The van der Waals surface area contributed by atoms with Crippen LogP contribution in [0, 0.1) is 0 Å². The summed E-state index contributed by atoms with van der Waals surface area (Å²) in [5, 5.41) is 5.72. The fraction of sp³-hybridized carbons (Fsp3) is 0.400. The number of pyridine rings is 1. The van der Waals surface area contributed by atoms with Crippen molar-refractivity contribution in [3.8, 4) is 0 Å². The van der Waals surface area contributed by atoms with Crippen LogP contribution < -0.4 is 11.1 Å². The first kappa shape index (κ1) is 12.2. The molecule has 3 N–H and O–H groups in total. The van der Waals surface area contributed by atoms with Gasteiger partial charge in [-0.2, -0.15) is 0 Å². The molecule has 0 bridgehead atoms. The molecule has 0 amide bonds. The zero-order valence-electron chi connectivity index (χ0n) is 11.3. The highest BCUT2D eigenvalue weighted by Gasteiger charge is 2.37. The SMILES string of the molecule is CC1OCCC1(C)Nc1ccc(N)c2cnccc12. The minimum Gasteiger partial charge on any atom is -0.398 e. The molecule has 2 aromatic rings. The first-order valence-corrected chi connectivity index (χ1v) is 6.62. The molecule has 0 radical (unpaired) electrons. The van der Waals surface area contributed by atoms with Gasteiger partial charge in [0.05, 0.1) is 11.6 Å². The molecule has 100 valence electrons. The van der Waals surface area contributed by atoms with Gasteiger partial charge in [0.15, 0.2) is 0 Å². The third-order valence-corrected chi connectivity index (χ3v) is 4.16. The highest BCUT2D eigenvalue weighted by molar-refractivity contribution is 6.00. The largest absolute Gasteiger partial charge is 0.398 e. The lowest BCUT2D eigenvalue weighted by Crippen LogP contribution is -2.41. The van der Waals surface area contributed by atoms with Crippen LogP contribution in [0.3, 0.4) is 0 Å². The predicted molar refractivity (Wildman–Crippen MR) is 78.2 cm³/mol. The number of aromatic nitrogens is 1. The van der Waals surface area contributed by atoms with E-state index in [9.17, 15) is 0 Å². The van der Waals surface area contributed by atoms with E-state index in [0.717, 1.165) is 35.2 Å². The normalized spacial score (nSPS) is 26.7. The molecule has 1 fully saturated rings. The lowest BCUT2D eigenvalue weighted by atomic mass is 9.93. The van der Waals surface area contributed by atoms with E-state index < -0.39 is 0 Å². The quantitative estimate of drug-likeness (QED) is 0.812. The molecule has 0 spiro atoms. The van der Waals surface area contributed by atoms with Crippen molar-refractivity contribution in [2.45, 2.75) is 31.9 Å². The Hall–Kier alpha value is -1.81. The van der Waals surface area contributed by atoms with Gasteiger partial charge in [-0.1, -0.05) is 0 Å². The van der Waals surface area contributed by atoms with E-state index in [0.29, 0.717) is 0 Å². The van der Waals surface area contributed by atoms with E-state index in [1.165, 1.54) is 0 Å². The Balaban J connectivity index is 2.04. The summed E-state index contributed by atoms with van der Waals surface area (Å²) in [6.07, 6.45) is 4.81. The standard InChI is InChI=1S/C15H19N3O/c1-10-15(2,6-8-19-10)18-14-4-3-13(16)12-9-17-7-5-11(12)14/h3-5,7,9-10,18H,6,8,16H2,1-2H3. The number of benzene rings is 1. The Bertz CT molecular complexity index is 613. The van der Waals surface area contributed by atoms with Gasteiger partial charge in [0.2, 0.25) is 0 Å². The maximum absolute atomic E-state index is 6.00. The molecule has 1 aliphatic heterocycles. The summed E-state index contributed by atoms with van der Waals surface area (Å²) < 4.78 is 5.68. The molecule has 1 aliphatic rings. The van der Waals surface area contributed by atoms with Crippen molar-refractivity contribution in [2.75, 3.05) is 17.7 Å². The number of nitrogens with zero attached hydrogens (tertiary/aromatic N) is 1. The second-order valence-electron chi connectivity index (χ2n) is 5.43. The fourth-order valence-electron chi connectivity index (χ4n) is 2.63. The number of anilines is 2. The summed E-state index contributed by atoms with van der Waals surface area (Å²) >= 11 is 0. The van der Waals surface area contributed by atoms with E-state index in [1.54, 1.807) is 6.20 Å². The summed E-state index contributed by atoms with van der Waals surface area (Å²) in [4.78, 5) is 4.15. The molecule has 1 aromatic carbocycles. The van der Waals surface area contributed by atoms with Crippen molar-refractivity contribution >= 4 is 22.1 Å². The van der Waals surface area contributed by atoms with Gasteiger partial charge in [-0.3, -0.25) is 4.98 Å². The van der Waals surface area contributed by atoms with Gasteiger partial charge in [-0.15, -0.1) is 0 Å². The minimum atomic E-state index is -0.0354. The van der Waals surface area contributed by atoms with Crippen LogP contribution in [0.1, 0.15) is 20.3 Å². The highest BCUT2D eigenvalue weighted by Crippen LogP contribution is 2.34. The number of nitrogens with two attached hydrogens (primary N) is 1. The molecule has 2 unspecified atom stereocenters. The number of nitrogens with one attached hydrogen (secondary N) is 1. The second-order valence-corrected chi connectivity index (χ2v) is 5.43. The van der Waals surface area contributed by atoms with E-state index in [2.05, 4.69) is 24.1 Å². The molecule has 1 saturated heterocycles. The summed E-state index contributed by atoms with van der Waals surface area (Å²) in [5.41, 5.74) is 7.81. The average Bonchev–Trinajstić information content (AvgIpc) is 2.74. The zero-order valence-corrected chi connectivity index (χ0v) is 11.3. The van der Waals surface area contributed by atoms with Crippen LogP contribution in [-0.4, -0.2) is 23.2 Å². The molecule has 4 nitrogen and oxygen atoms in total. The van der Waals surface area contributed by atoms with Gasteiger partial charge >= 0.3 is 0 Å². The maximum atomic E-state index is 6.00. The van der Waals surface area contributed by atoms with Gasteiger partial charge in [0.25, 0.3) is 0 Å². The molecule has 0 saturated carbocycles. The van der Waals surface area contributed by atoms with Gasteiger partial charge in [-0.25, -0.2) is 0 Å². The summed E-state index contributed by atoms with van der Waals surface area (Å²) in [6, 6.07) is 5.96. The molecular weight excluding hydrogens is 238 g/mol. The van der Waals surface area contributed by atoms with Crippen molar-refractivity contribution in [1.29, 1.82) is 0 Å². The maximum Gasteiger partial charge on any atom is 0.0774 e. The van der Waals surface area contributed by atoms with E-state index >= 15 is 0 Å². The van der Waals surface area contributed by atoms with Gasteiger partial charge in [0, 0.05) is 41.1 Å². The molecule has 2 atom stereocenters. The van der Waals surface area contributed by atoms with Crippen molar-refractivity contribution in [2.24, 2.45) is 0 Å². The van der Waals surface area contributed by atoms with Gasteiger partial charge < -0.3 is 15.8 Å². The Labute approximate surface area is 113 Å². The molecular formula is C15H19N3O. The van der Waals surface area contributed by atoms with Crippen LogP contribution in [0.4, 0.5) is 11.4 Å². The van der Waals surface area contributed by atoms with Gasteiger partial charge in [-0.05, 0) is 38.5 Å². The lowest BCUT2D eigenvalue weighted by Gasteiger charge is -2.30. The topological polar surface area (TPSA) is 60.2 Å². The van der Waals surface area contributed by atoms with Crippen LogP contribution in [0.5, 0.6) is 0 Å². The van der Waals surface area contributed by atoms with E-state index in [4.69, 9.17) is 10.5 Å². The first-order chi connectivity index (χ1) is 9.10. The Morgan fingerprint density at radius 1 is 1.37 bits per heavy atom. The first-order valence-electron chi connectivity index (χ1n) is 6.62. The van der Waals surface area contributed by atoms with Gasteiger partial charge in [0.1, 0.15) is 0 Å². The predicted octanol–water partition coefficient (Wildman–Crippen LogP) is 2.80. The smallest absolute Gasteiger partial charge is 0.0774 e. The number of nitrogen functional groups attached to an aromatic ring is 1. The van der Waals surface area contributed by atoms with Crippen LogP contribution in [0.2, 0.25) is 0 Å². The number of fused-ring (bicyclic) bond motifs is 1. The molecule has 1 aromatic heterocycles. The van der Waals surface area contributed by atoms with Crippen molar-refractivity contribution in [3.63, 3.8) is 0 Å². The molecule has 4 heteroatoms. The summed E-state index contributed by atoms with van der Waals surface area (Å²) in [5.74, 6) is 0. The minimum absolute atomic E-state index is 0.0354. The molecule has 19 heavy (non-hydrogen) atoms. The Morgan fingerprint density at radius 2 is 2.21 bits per heavy atom. The molecule has 0 aliphatic carbocycles.